The van der Waals surface area contributed by atoms with Crippen molar-refractivity contribution < 1.29 is 5.11 Å². The lowest BCUT2D eigenvalue weighted by Crippen LogP contribution is -2.19. The molecule has 3 rings (SSSR count). The molecule has 0 saturated heterocycles. The normalized spacial score (nSPS) is 17.1. The molecule has 0 fully saturated rings. The van der Waals surface area contributed by atoms with Crippen molar-refractivity contribution in [2.24, 2.45) is 0 Å². The highest BCUT2D eigenvalue weighted by Crippen LogP contribution is 2.36. The van der Waals surface area contributed by atoms with Crippen molar-refractivity contribution in [3.05, 3.63) is 53.6 Å². The lowest BCUT2D eigenvalue weighted by atomic mass is 9.87. The van der Waals surface area contributed by atoms with Crippen LogP contribution >= 0.6 is 0 Å². The van der Waals surface area contributed by atoms with E-state index in [9.17, 15) is 5.11 Å². The molecule has 1 aliphatic rings. The van der Waals surface area contributed by atoms with Gasteiger partial charge in [-0.25, -0.2) is 0 Å². The standard InChI is InChI=1S/C18H22N2O/c1-20(2)18-9-4-3-7-17(18)19-16-8-5-6-13-10-11-14(21)12-15(13)16/h3-4,7,9-12,16,19,21H,5-6,8H2,1-2H3. The second-order valence-corrected chi connectivity index (χ2v) is 5.88. The largest absolute Gasteiger partial charge is 0.508 e. The third kappa shape index (κ3) is 2.82. The average molecular weight is 282 g/mol. The SMILES string of the molecule is CN(C)c1ccccc1NC1CCCc2ccc(O)cc21. The summed E-state index contributed by atoms with van der Waals surface area (Å²) in [5.41, 5.74) is 4.90. The molecule has 0 aromatic heterocycles. The first-order chi connectivity index (χ1) is 10.1. The second-order valence-electron chi connectivity index (χ2n) is 5.88. The first kappa shape index (κ1) is 13.8. The Labute approximate surface area is 126 Å². The number of phenols is 1. The predicted molar refractivity (Wildman–Crippen MR) is 88.2 cm³/mol. The fourth-order valence-corrected chi connectivity index (χ4v) is 3.11. The molecule has 3 heteroatoms. The Hall–Kier alpha value is -2.16. The number of hydrogen-bond donors (Lipinski definition) is 2. The first-order valence-corrected chi connectivity index (χ1v) is 7.50. The van der Waals surface area contributed by atoms with Gasteiger partial charge in [0.2, 0.25) is 0 Å². The van der Waals surface area contributed by atoms with Gasteiger partial charge in [0.1, 0.15) is 5.75 Å². The molecule has 3 nitrogen and oxygen atoms in total. The van der Waals surface area contributed by atoms with Crippen LogP contribution in [0.1, 0.15) is 30.0 Å². The number of phenolic OH excluding ortho intramolecular Hbond substituents is 1. The summed E-state index contributed by atoms with van der Waals surface area (Å²) in [7, 11) is 4.11. The number of aromatic hydroxyl groups is 1. The summed E-state index contributed by atoms with van der Waals surface area (Å²) in [6, 6.07) is 14.4. The Morgan fingerprint density at radius 2 is 1.95 bits per heavy atom. The van der Waals surface area contributed by atoms with Gasteiger partial charge in [-0.15, -0.1) is 0 Å². The van der Waals surface area contributed by atoms with Gasteiger partial charge < -0.3 is 15.3 Å². The number of aryl methyl sites for hydroxylation is 1. The molecule has 0 bridgehead atoms. The van der Waals surface area contributed by atoms with Gasteiger partial charge in [-0.1, -0.05) is 18.2 Å². The van der Waals surface area contributed by atoms with Gasteiger partial charge in [-0.3, -0.25) is 0 Å². The molecule has 0 heterocycles. The molecule has 110 valence electrons. The maximum absolute atomic E-state index is 9.78. The van der Waals surface area contributed by atoms with E-state index in [-0.39, 0.29) is 6.04 Å². The highest BCUT2D eigenvalue weighted by molar-refractivity contribution is 5.70. The quantitative estimate of drug-likeness (QED) is 0.895. The summed E-state index contributed by atoms with van der Waals surface area (Å²) in [4.78, 5) is 2.12. The van der Waals surface area contributed by atoms with E-state index in [2.05, 4.69) is 54.6 Å². The maximum atomic E-state index is 9.78. The molecule has 2 aromatic carbocycles. The van der Waals surface area contributed by atoms with Gasteiger partial charge in [-0.2, -0.15) is 0 Å². The van der Waals surface area contributed by atoms with Gasteiger partial charge >= 0.3 is 0 Å². The molecule has 0 amide bonds. The Bertz CT molecular complexity index is 637. The first-order valence-electron chi connectivity index (χ1n) is 7.50. The van der Waals surface area contributed by atoms with Gasteiger partial charge in [0.15, 0.2) is 0 Å². The van der Waals surface area contributed by atoms with Gasteiger partial charge in [-0.05, 0) is 54.7 Å². The second kappa shape index (κ2) is 5.68. The van der Waals surface area contributed by atoms with Crippen LogP contribution in [0, 0.1) is 0 Å². The molecule has 2 aromatic rings. The summed E-state index contributed by atoms with van der Waals surface area (Å²) in [6.07, 6.45) is 3.38. The monoisotopic (exact) mass is 282 g/mol. The maximum Gasteiger partial charge on any atom is 0.115 e. The van der Waals surface area contributed by atoms with E-state index in [4.69, 9.17) is 0 Å². The molecule has 0 radical (unpaired) electrons. The van der Waals surface area contributed by atoms with Gasteiger partial charge in [0.05, 0.1) is 17.4 Å². The molecule has 1 atom stereocenters. The predicted octanol–water partition coefficient (Wildman–Crippen LogP) is 3.95. The molecule has 1 unspecified atom stereocenters. The number of benzene rings is 2. The van der Waals surface area contributed by atoms with Gasteiger partial charge in [0.25, 0.3) is 0 Å². The highest BCUT2D eigenvalue weighted by atomic mass is 16.3. The zero-order chi connectivity index (χ0) is 14.8. The number of anilines is 2. The lowest BCUT2D eigenvalue weighted by Gasteiger charge is -2.29. The Balaban J connectivity index is 1.92. The summed E-state index contributed by atoms with van der Waals surface area (Å²) < 4.78 is 0. The molecule has 0 spiro atoms. The Morgan fingerprint density at radius 3 is 2.76 bits per heavy atom. The minimum absolute atomic E-state index is 0.266. The zero-order valence-electron chi connectivity index (χ0n) is 12.6. The van der Waals surface area contributed by atoms with Crippen LogP contribution in [0.4, 0.5) is 11.4 Å². The third-order valence-corrected chi connectivity index (χ3v) is 4.16. The summed E-state index contributed by atoms with van der Waals surface area (Å²) in [5, 5.41) is 13.4. The topological polar surface area (TPSA) is 35.5 Å². The fraction of sp³-hybridized carbons (Fsp3) is 0.333. The van der Waals surface area contributed by atoms with Crippen molar-refractivity contribution in [3.63, 3.8) is 0 Å². The molecular formula is C18H22N2O. The van der Waals surface area contributed by atoms with Crippen LogP contribution in [-0.4, -0.2) is 19.2 Å². The number of para-hydroxylation sites is 2. The van der Waals surface area contributed by atoms with Crippen LogP contribution in [0.5, 0.6) is 5.75 Å². The number of hydrogen-bond acceptors (Lipinski definition) is 3. The summed E-state index contributed by atoms with van der Waals surface area (Å²) in [6.45, 7) is 0. The fourth-order valence-electron chi connectivity index (χ4n) is 3.11. The van der Waals surface area contributed by atoms with Crippen molar-refractivity contribution >= 4 is 11.4 Å². The molecule has 0 aliphatic heterocycles. The molecule has 2 N–H and O–H groups in total. The summed E-state index contributed by atoms with van der Waals surface area (Å²) in [5.74, 6) is 0.350. The van der Waals surface area contributed by atoms with Crippen LogP contribution in [0.25, 0.3) is 0 Å². The van der Waals surface area contributed by atoms with Crippen molar-refractivity contribution in [2.45, 2.75) is 25.3 Å². The van der Waals surface area contributed by atoms with Crippen LogP contribution in [-0.2, 0) is 6.42 Å². The van der Waals surface area contributed by atoms with Crippen molar-refractivity contribution in [1.82, 2.24) is 0 Å². The van der Waals surface area contributed by atoms with Crippen molar-refractivity contribution in [1.29, 1.82) is 0 Å². The van der Waals surface area contributed by atoms with E-state index in [1.54, 1.807) is 6.07 Å². The molecule has 0 saturated carbocycles. The van der Waals surface area contributed by atoms with E-state index in [1.165, 1.54) is 23.2 Å². The number of fused-ring (bicyclic) bond motifs is 1. The lowest BCUT2D eigenvalue weighted by molar-refractivity contribution is 0.471. The minimum atomic E-state index is 0.266. The van der Waals surface area contributed by atoms with Crippen LogP contribution in [0.2, 0.25) is 0 Å². The van der Waals surface area contributed by atoms with Crippen LogP contribution < -0.4 is 10.2 Å². The van der Waals surface area contributed by atoms with Crippen LogP contribution in [0.15, 0.2) is 42.5 Å². The van der Waals surface area contributed by atoms with Crippen molar-refractivity contribution in [3.8, 4) is 5.75 Å². The number of nitrogens with one attached hydrogen (secondary N) is 1. The average Bonchev–Trinajstić information content (AvgIpc) is 2.48. The van der Waals surface area contributed by atoms with E-state index < -0.39 is 0 Å². The van der Waals surface area contributed by atoms with E-state index in [0.717, 1.165) is 18.5 Å². The van der Waals surface area contributed by atoms with E-state index >= 15 is 0 Å². The molecule has 21 heavy (non-hydrogen) atoms. The number of rotatable bonds is 3. The Morgan fingerprint density at radius 1 is 1.14 bits per heavy atom. The number of nitrogens with zero attached hydrogens (tertiary/aromatic N) is 1. The third-order valence-electron chi connectivity index (χ3n) is 4.16. The van der Waals surface area contributed by atoms with Crippen molar-refractivity contribution in [2.75, 3.05) is 24.3 Å². The molecular weight excluding hydrogens is 260 g/mol. The minimum Gasteiger partial charge on any atom is -0.508 e. The summed E-state index contributed by atoms with van der Waals surface area (Å²) >= 11 is 0. The van der Waals surface area contributed by atoms with Crippen LogP contribution in [0.3, 0.4) is 0 Å². The van der Waals surface area contributed by atoms with E-state index in [1.807, 2.05) is 6.07 Å². The Kier molecular flexibility index (Phi) is 3.74. The van der Waals surface area contributed by atoms with Gasteiger partial charge in [0, 0.05) is 14.1 Å². The smallest absolute Gasteiger partial charge is 0.115 e. The highest BCUT2D eigenvalue weighted by Gasteiger charge is 2.21. The zero-order valence-corrected chi connectivity index (χ0v) is 12.6. The van der Waals surface area contributed by atoms with E-state index in [0.29, 0.717) is 5.75 Å². The molecule has 1 aliphatic carbocycles.